The molecule has 1 aromatic heterocycles. The number of fused-ring (bicyclic) bond motifs is 1. The number of phenolic OH excluding ortho intramolecular Hbond substituents is 1. The molecule has 5 atom stereocenters. The Kier molecular flexibility index (Phi) is 7.15. The zero-order valence-electron chi connectivity index (χ0n) is 20.8. The van der Waals surface area contributed by atoms with Crippen molar-refractivity contribution in [2.45, 2.75) is 46.6 Å². The van der Waals surface area contributed by atoms with Crippen molar-refractivity contribution in [2.24, 2.45) is 29.6 Å². The molecule has 2 aromatic rings. The van der Waals surface area contributed by atoms with Crippen molar-refractivity contribution < 1.29 is 15.0 Å². The number of hydrogen-bond acceptors (Lipinski definition) is 4. The normalized spacial score (nSPS) is 26.3. The molecule has 5 nitrogen and oxygen atoms in total. The van der Waals surface area contributed by atoms with Gasteiger partial charge < -0.3 is 14.8 Å². The van der Waals surface area contributed by atoms with E-state index in [4.69, 9.17) is 0 Å². The van der Waals surface area contributed by atoms with Gasteiger partial charge in [-0.2, -0.15) is 0 Å². The molecule has 1 aromatic carbocycles. The van der Waals surface area contributed by atoms with E-state index in [1.165, 1.54) is 28.7 Å². The number of carbonyl (C=O) groups is 1. The monoisotopic (exact) mass is 473 g/mol. The second-order valence-corrected chi connectivity index (χ2v) is 10.2. The van der Waals surface area contributed by atoms with E-state index in [-0.39, 0.29) is 35.3 Å². The van der Waals surface area contributed by atoms with Crippen LogP contribution in [0, 0.1) is 29.6 Å². The fourth-order valence-electron chi connectivity index (χ4n) is 6.11. The Labute approximate surface area is 207 Å². The fraction of sp³-hybridized carbons (Fsp3) is 0.400. The number of Topliss-reactive ketones (excluding diaryl/α,β-unsaturated/α-hetero) is 1. The quantitative estimate of drug-likeness (QED) is 0.391. The Morgan fingerprint density at radius 3 is 2.57 bits per heavy atom. The molecule has 2 aliphatic carbocycles. The van der Waals surface area contributed by atoms with E-state index in [0.29, 0.717) is 28.9 Å². The summed E-state index contributed by atoms with van der Waals surface area (Å²) in [5.41, 5.74) is 1.50. The molecule has 0 spiro atoms. The first kappa shape index (κ1) is 24.8. The Hall–Kier alpha value is -3.34. The van der Waals surface area contributed by atoms with Crippen LogP contribution in [0.25, 0.3) is 11.1 Å². The van der Waals surface area contributed by atoms with E-state index in [1.807, 2.05) is 19.1 Å². The maximum absolute atomic E-state index is 14.1. The number of nitrogens with zero attached hydrogens (tertiary/aromatic N) is 1. The number of aromatic hydroxyl groups is 2. The van der Waals surface area contributed by atoms with Crippen molar-refractivity contribution in [2.75, 3.05) is 0 Å². The number of pyridine rings is 1. The van der Waals surface area contributed by atoms with Crippen molar-refractivity contribution in [1.29, 1.82) is 0 Å². The highest BCUT2D eigenvalue weighted by atomic mass is 16.3. The summed E-state index contributed by atoms with van der Waals surface area (Å²) in [5.74, 6) is 0.300. The van der Waals surface area contributed by atoms with E-state index in [0.717, 1.165) is 12.8 Å². The van der Waals surface area contributed by atoms with Gasteiger partial charge in [0.05, 0.1) is 0 Å². The molecular weight excluding hydrogens is 438 g/mol. The summed E-state index contributed by atoms with van der Waals surface area (Å²) < 4.78 is 1.41. The lowest BCUT2D eigenvalue weighted by atomic mass is 9.59. The molecule has 4 rings (SSSR count). The number of aromatic nitrogens is 1. The third-order valence-corrected chi connectivity index (χ3v) is 7.82. The summed E-state index contributed by atoms with van der Waals surface area (Å²) in [6.45, 7) is 10.3. The highest BCUT2D eigenvalue weighted by Crippen LogP contribution is 2.49. The van der Waals surface area contributed by atoms with Crippen LogP contribution in [0.15, 0.2) is 71.7 Å². The molecule has 5 heteroatoms. The Morgan fingerprint density at radius 2 is 1.91 bits per heavy atom. The van der Waals surface area contributed by atoms with Crippen molar-refractivity contribution >= 4 is 5.78 Å². The standard InChI is InChI=1S/C30H35NO4/c1-5-7-23-24-15-18(3)8-13-22(24)19(4)16-25(23)28(33)27-29(34)26(17-31(14-6-2)30(27)35)20-9-11-21(32)12-10-20/h5-7,9-12,16-18,22-25,32,34H,2,8,13-15H2,1,3-4H3/b7-5+/t18-,22+,23+,24-,25+/m0/s1. The van der Waals surface area contributed by atoms with Crippen LogP contribution in [-0.4, -0.2) is 20.6 Å². The van der Waals surface area contributed by atoms with Gasteiger partial charge >= 0.3 is 0 Å². The third kappa shape index (κ3) is 4.64. The van der Waals surface area contributed by atoms with Crippen LogP contribution in [0.1, 0.15) is 50.4 Å². The van der Waals surface area contributed by atoms with Crippen LogP contribution in [-0.2, 0) is 6.54 Å². The smallest absolute Gasteiger partial charge is 0.265 e. The van der Waals surface area contributed by atoms with Crippen molar-refractivity contribution in [3.05, 3.63) is 82.8 Å². The number of rotatable bonds is 6. The molecular formula is C30H35NO4. The van der Waals surface area contributed by atoms with Gasteiger partial charge in [-0.15, -0.1) is 6.58 Å². The number of phenols is 1. The Bertz CT molecular complexity index is 1230. The second-order valence-electron chi connectivity index (χ2n) is 10.2. The van der Waals surface area contributed by atoms with Crippen molar-refractivity contribution in [3.8, 4) is 22.6 Å². The van der Waals surface area contributed by atoms with Gasteiger partial charge in [0, 0.05) is 24.2 Å². The van der Waals surface area contributed by atoms with E-state index in [1.54, 1.807) is 24.4 Å². The molecule has 0 bridgehead atoms. The molecule has 2 N–H and O–H groups in total. The maximum atomic E-state index is 14.1. The SMILES string of the molecule is C=CCn1cc(-c2ccc(O)cc2)c(O)c(C(=O)[C@@H]2C=C(C)[C@H]3CC[C@H](C)C[C@@H]3[C@H]2/C=C/C)c1=O. The average molecular weight is 474 g/mol. The fourth-order valence-corrected chi connectivity index (χ4v) is 6.11. The summed E-state index contributed by atoms with van der Waals surface area (Å²) in [7, 11) is 0. The number of carbonyl (C=O) groups excluding carboxylic acids is 1. The lowest BCUT2D eigenvalue weighted by Crippen LogP contribution is -2.41. The number of allylic oxidation sites excluding steroid dienone is 5. The minimum atomic E-state index is -0.514. The van der Waals surface area contributed by atoms with Crippen LogP contribution in [0.4, 0.5) is 0 Å². The molecule has 1 heterocycles. The molecule has 1 saturated carbocycles. The molecule has 0 amide bonds. The first-order chi connectivity index (χ1) is 16.8. The van der Waals surface area contributed by atoms with E-state index >= 15 is 0 Å². The number of ketones is 1. The highest BCUT2D eigenvalue weighted by Gasteiger charge is 2.44. The third-order valence-electron chi connectivity index (χ3n) is 7.82. The largest absolute Gasteiger partial charge is 0.508 e. The first-order valence-electron chi connectivity index (χ1n) is 12.5. The summed E-state index contributed by atoms with van der Waals surface area (Å²) in [6.07, 6.45) is 12.7. The van der Waals surface area contributed by atoms with Gasteiger partial charge in [-0.05, 0) is 68.1 Å². The average Bonchev–Trinajstić information content (AvgIpc) is 2.83. The van der Waals surface area contributed by atoms with Crippen LogP contribution in [0.3, 0.4) is 0 Å². The number of benzene rings is 1. The minimum Gasteiger partial charge on any atom is -0.508 e. The summed E-state index contributed by atoms with van der Waals surface area (Å²) >= 11 is 0. The highest BCUT2D eigenvalue weighted by molar-refractivity contribution is 6.03. The molecule has 0 unspecified atom stereocenters. The van der Waals surface area contributed by atoms with Crippen molar-refractivity contribution in [3.63, 3.8) is 0 Å². The van der Waals surface area contributed by atoms with E-state index in [2.05, 4.69) is 26.5 Å². The minimum absolute atomic E-state index is 0.0204. The maximum Gasteiger partial charge on any atom is 0.265 e. The van der Waals surface area contributed by atoms with Gasteiger partial charge in [0.15, 0.2) is 5.78 Å². The molecule has 35 heavy (non-hydrogen) atoms. The predicted octanol–water partition coefficient (Wildman–Crippen LogP) is 6.12. The van der Waals surface area contributed by atoms with E-state index in [9.17, 15) is 19.8 Å². The molecule has 184 valence electrons. The van der Waals surface area contributed by atoms with Crippen LogP contribution < -0.4 is 5.56 Å². The first-order valence-corrected chi connectivity index (χ1v) is 12.5. The molecule has 0 aliphatic heterocycles. The lowest BCUT2D eigenvalue weighted by molar-refractivity contribution is 0.0803. The predicted molar refractivity (Wildman–Crippen MR) is 140 cm³/mol. The van der Waals surface area contributed by atoms with Gasteiger partial charge in [-0.25, -0.2) is 0 Å². The van der Waals surface area contributed by atoms with Crippen LogP contribution in [0.5, 0.6) is 11.5 Å². The van der Waals surface area contributed by atoms with Gasteiger partial charge in [0.2, 0.25) is 0 Å². The molecule has 0 saturated heterocycles. The summed E-state index contributed by atoms with van der Waals surface area (Å²) in [6, 6.07) is 6.34. The van der Waals surface area contributed by atoms with Gasteiger partial charge in [-0.1, -0.05) is 55.4 Å². The Morgan fingerprint density at radius 1 is 1.20 bits per heavy atom. The molecule has 0 radical (unpaired) electrons. The summed E-state index contributed by atoms with van der Waals surface area (Å²) in [5, 5.41) is 21.0. The Balaban J connectivity index is 1.87. The lowest BCUT2D eigenvalue weighted by Gasteiger charge is -2.45. The zero-order chi connectivity index (χ0) is 25.3. The number of hydrogen-bond donors (Lipinski definition) is 2. The van der Waals surface area contributed by atoms with Crippen LogP contribution >= 0.6 is 0 Å². The topological polar surface area (TPSA) is 79.5 Å². The second kappa shape index (κ2) is 10.1. The molecule has 2 aliphatic rings. The molecule has 1 fully saturated rings. The van der Waals surface area contributed by atoms with Crippen molar-refractivity contribution in [1.82, 2.24) is 4.57 Å². The van der Waals surface area contributed by atoms with Gasteiger partial charge in [-0.3, -0.25) is 9.59 Å². The van der Waals surface area contributed by atoms with Gasteiger partial charge in [0.1, 0.15) is 17.1 Å². The van der Waals surface area contributed by atoms with E-state index < -0.39 is 11.5 Å². The summed E-state index contributed by atoms with van der Waals surface area (Å²) in [4.78, 5) is 27.5. The van der Waals surface area contributed by atoms with Gasteiger partial charge in [0.25, 0.3) is 5.56 Å². The van der Waals surface area contributed by atoms with Crippen LogP contribution in [0.2, 0.25) is 0 Å². The zero-order valence-corrected chi connectivity index (χ0v) is 20.8.